The number of nitrogens with zero attached hydrogens (tertiary/aromatic N) is 1. The Morgan fingerprint density at radius 2 is 2.44 bits per heavy atom. The van der Waals surface area contributed by atoms with Crippen molar-refractivity contribution in [3.05, 3.63) is 20.8 Å². The molecule has 1 atom stereocenters. The Hall–Kier alpha value is -0.880. The predicted molar refractivity (Wildman–Crippen MR) is 74.2 cm³/mol. The summed E-state index contributed by atoms with van der Waals surface area (Å²) in [5, 5.41) is 4.78. The molecule has 1 aliphatic heterocycles. The Morgan fingerprint density at radius 1 is 1.67 bits per heavy atom. The molecule has 0 radical (unpaired) electrons. The maximum Gasteiger partial charge on any atom is 0.227 e. The molecule has 0 spiro atoms. The van der Waals surface area contributed by atoms with Crippen LogP contribution in [0.2, 0.25) is 0 Å². The van der Waals surface area contributed by atoms with Gasteiger partial charge in [0.25, 0.3) is 0 Å². The van der Waals surface area contributed by atoms with Crippen molar-refractivity contribution in [2.24, 2.45) is 5.92 Å². The van der Waals surface area contributed by atoms with Crippen molar-refractivity contribution in [1.82, 2.24) is 10.2 Å². The summed E-state index contributed by atoms with van der Waals surface area (Å²) < 4.78 is 1.07. The number of carbonyl (C=O) groups excluding carboxylic acids is 2. The van der Waals surface area contributed by atoms with E-state index in [0.29, 0.717) is 25.9 Å². The topological polar surface area (TPSA) is 49.4 Å². The molecule has 2 rings (SSSR count). The van der Waals surface area contributed by atoms with Crippen LogP contribution in [0.3, 0.4) is 0 Å². The fourth-order valence-corrected chi connectivity index (χ4v) is 3.24. The van der Waals surface area contributed by atoms with Crippen LogP contribution in [0.25, 0.3) is 0 Å². The minimum atomic E-state index is -0.0743. The molecule has 0 aliphatic carbocycles. The first-order valence-corrected chi connectivity index (χ1v) is 7.48. The monoisotopic (exact) mass is 330 g/mol. The van der Waals surface area contributed by atoms with E-state index in [2.05, 4.69) is 21.2 Å². The van der Waals surface area contributed by atoms with Gasteiger partial charge in [0.15, 0.2) is 0 Å². The van der Waals surface area contributed by atoms with Crippen molar-refractivity contribution in [1.29, 1.82) is 0 Å². The first kappa shape index (κ1) is 13.5. The maximum atomic E-state index is 12.2. The number of carbonyl (C=O) groups is 2. The van der Waals surface area contributed by atoms with Gasteiger partial charge in [-0.15, -0.1) is 11.3 Å². The fourth-order valence-electron chi connectivity index (χ4n) is 2.04. The molecule has 0 bridgehead atoms. The molecular weight excluding hydrogens is 316 g/mol. The number of rotatable bonds is 3. The SMILES string of the molecule is CN(Cc1csc(Br)c1)C(=O)C1CCC(=O)NC1. The zero-order valence-electron chi connectivity index (χ0n) is 10.1. The van der Waals surface area contributed by atoms with E-state index >= 15 is 0 Å². The van der Waals surface area contributed by atoms with E-state index in [0.717, 1.165) is 9.35 Å². The molecule has 18 heavy (non-hydrogen) atoms. The van der Waals surface area contributed by atoms with E-state index in [4.69, 9.17) is 0 Å². The summed E-state index contributed by atoms with van der Waals surface area (Å²) in [6.07, 6.45) is 1.11. The number of amides is 2. The molecule has 2 heterocycles. The smallest absolute Gasteiger partial charge is 0.227 e. The number of hydrogen-bond acceptors (Lipinski definition) is 3. The molecular formula is C12H15BrN2O2S. The van der Waals surface area contributed by atoms with Crippen LogP contribution < -0.4 is 5.32 Å². The van der Waals surface area contributed by atoms with Crippen LogP contribution in [-0.4, -0.2) is 30.3 Å². The van der Waals surface area contributed by atoms with E-state index in [1.165, 1.54) is 0 Å². The van der Waals surface area contributed by atoms with Gasteiger partial charge in [-0.1, -0.05) is 0 Å². The third kappa shape index (κ3) is 3.32. The van der Waals surface area contributed by atoms with E-state index < -0.39 is 0 Å². The van der Waals surface area contributed by atoms with Crippen LogP contribution in [0.15, 0.2) is 15.2 Å². The lowest BCUT2D eigenvalue weighted by Crippen LogP contribution is -2.43. The molecule has 2 amide bonds. The second kappa shape index (κ2) is 5.84. The van der Waals surface area contributed by atoms with Gasteiger partial charge in [-0.3, -0.25) is 9.59 Å². The highest BCUT2D eigenvalue weighted by Crippen LogP contribution is 2.22. The molecule has 1 aromatic rings. The van der Waals surface area contributed by atoms with Gasteiger partial charge < -0.3 is 10.2 Å². The molecule has 1 fully saturated rings. The van der Waals surface area contributed by atoms with Crippen molar-refractivity contribution in [3.63, 3.8) is 0 Å². The van der Waals surface area contributed by atoms with Gasteiger partial charge in [0.1, 0.15) is 0 Å². The van der Waals surface area contributed by atoms with E-state index in [9.17, 15) is 9.59 Å². The van der Waals surface area contributed by atoms with E-state index in [1.807, 2.05) is 18.5 Å². The molecule has 0 aromatic carbocycles. The van der Waals surface area contributed by atoms with Crippen LogP contribution in [0.1, 0.15) is 18.4 Å². The van der Waals surface area contributed by atoms with Crippen molar-refractivity contribution >= 4 is 39.1 Å². The quantitative estimate of drug-likeness (QED) is 0.921. The molecule has 1 aromatic heterocycles. The molecule has 1 aliphatic rings. The largest absolute Gasteiger partial charge is 0.355 e. The van der Waals surface area contributed by atoms with Crippen LogP contribution >= 0.6 is 27.3 Å². The zero-order valence-corrected chi connectivity index (χ0v) is 12.5. The number of hydrogen-bond donors (Lipinski definition) is 1. The highest BCUT2D eigenvalue weighted by molar-refractivity contribution is 9.11. The maximum absolute atomic E-state index is 12.2. The van der Waals surface area contributed by atoms with Gasteiger partial charge in [-0.25, -0.2) is 0 Å². The lowest BCUT2D eigenvalue weighted by molar-refractivity contribution is -0.136. The minimum absolute atomic E-state index is 0.0449. The zero-order chi connectivity index (χ0) is 13.1. The Labute approximate surface area is 118 Å². The molecule has 0 saturated carbocycles. The lowest BCUT2D eigenvalue weighted by Gasteiger charge is -2.26. The molecule has 6 heteroatoms. The second-order valence-corrected chi connectivity index (χ2v) is 6.78. The van der Waals surface area contributed by atoms with E-state index in [-0.39, 0.29) is 17.7 Å². The molecule has 4 nitrogen and oxygen atoms in total. The van der Waals surface area contributed by atoms with Gasteiger partial charge in [-0.05, 0) is 39.4 Å². The summed E-state index contributed by atoms with van der Waals surface area (Å²) in [7, 11) is 1.81. The summed E-state index contributed by atoms with van der Waals surface area (Å²) in [5.74, 6) is 0.0792. The number of piperidine rings is 1. The van der Waals surface area contributed by atoms with Gasteiger partial charge in [0.05, 0.1) is 9.70 Å². The summed E-state index contributed by atoms with van der Waals surface area (Å²) in [6.45, 7) is 1.08. The molecule has 1 saturated heterocycles. The number of thiophene rings is 1. The summed E-state index contributed by atoms with van der Waals surface area (Å²) >= 11 is 5.03. The van der Waals surface area contributed by atoms with Crippen LogP contribution in [-0.2, 0) is 16.1 Å². The highest BCUT2D eigenvalue weighted by Gasteiger charge is 2.26. The lowest BCUT2D eigenvalue weighted by atomic mass is 9.98. The number of halogens is 1. The van der Waals surface area contributed by atoms with Crippen LogP contribution in [0.5, 0.6) is 0 Å². The third-order valence-electron chi connectivity index (χ3n) is 3.03. The van der Waals surface area contributed by atoms with Crippen molar-refractivity contribution in [3.8, 4) is 0 Å². The summed E-state index contributed by atoms with van der Waals surface area (Å²) in [5.41, 5.74) is 1.13. The molecule has 1 unspecified atom stereocenters. The Kier molecular flexibility index (Phi) is 4.40. The Balaban J connectivity index is 1.90. The van der Waals surface area contributed by atoms with Crippen molar-refractivity contribution in [2.75, 3.05) is 13.6 Å². The Bertz CT molecular complexity index is 451. The van der Waals surface area contributed by atoms with Crippen LogP contribution in [0.4, 0.5) is 0 Å². The summed E-state index contributed by atoms with van der Waals surface area (Å²) in [6, 6.07) is 2.02. The normalized spacial score (nSPS) is 19.4. The predicted octanol–water partition coefficient (Wildman–Crippen LogP) is 2.00. The second-order valence-electron chi connectivity index (χ2n) is 4.49. The van der Waals surface area contributed by atoms with Gasteiger partial charge in [0.2, 0.25) is 11.8 Å². The average Bonchev–Trinajstić information content (AvgIpc) is 2.75. The first-order chi connectivity index (χ1) is 8.56. The molecule has 98 valence electrons. The van der Waals surface area contributed by atoms with Crippen molar-refractivity contribution in [2.45, 2.75) is 19.4 Å². The fraction of sp³-hybridized carbons (Fsp3) is 0.500. The third-order valence-corrected chi connectivity index (χ3v) is 4.59. The first-order valence-electron chi connectivity index (χ1n) is 5.81. The standard InChI is InChI=1S/C12H15BrN2O2S/c1-15(6-8-4-10(13)18-7-8)12(17)9-2-3-11(16)14-5-9/h4,7,9H,2-3,5-6H2,1H3,(H,14,16). The summed E-state index contributed by atoms with van der Waals surface area (Å²) in [4.78, 5) is 25.0. The Morgan fingerprint density at radius 3 is 3.00 bits per heavy atom. The average molecular weight is 331 g/mol. The highest BCUT2D eigenvalue weighted by atomic mass is 79.9. The van der Waals surface area contributed by atoms with E-state index in [1.54, 1.807) is 16.2 Å². The number of nitrogens with one attached hydrogen (secondary N) is 1. The van der Waals surface area contributed by atoms with Gasteiger partial charge in [-0.2, -0.15) is 0 Å². The van der Waals surface area contributed by atoms with Gasteiger partial charge in [0, 0.05) is 26.6 Å². The van der Waals surface area contributed by atoms with Gasteiger partial charge >= 0.3 is 0 Å². The van der Waals surface area contributed by atoms with Crippen LogP contribution in [0, 0.1) is 5.92 Å². The minimum Gasteiger partial charge on any atom is -0.355 e. The van der Waals surface area contributed by atoms with Crippen molar-refractivity contribution < 1.29 is 9.59 Å². The molecule has 1 N–H and O–H groups in total.